The highest BCUT2D eigenvalue weighted by molar-refractivity contribution is 6.31. The first-order valence-corrected chi connectivity index (χ1v) is 7.70. The third-order valence-electron chi connectivity index (χ3n) is 3.20. The van der Waals surface area contributed by atoms with Gasteiger partial charge in [0, 0.05) is 22.5 Å². The molecule has 2 aromatic rings. The van der Waals surface area contributed by atoms with Gasteiger partial charge in [-0.25, -0.2) is 0 Å². The highest BCUT2D eigenvalue weighted by atomic mass is 35.5. The van der Waals surface area contributed by atoms with E-state index in [1.165, 1.54) is 0 Å². The zero-order valence-electron chi connectivity index (χ0n) is 11.8. The summed E-state index contributed by atoms with van der Waals surface area (Å²) >= 11 is 11.9. The molecule has 2 nitrogen and oxygen atoms in total. The predicted octanol–water partition coefficient (Wildman–Crippen LogP) is 4.44. The summed E-state index contributed by atoms with van der Waals surface area (Å²) in [6.45, 7) is 1.96. The minimum absolute atomic E-state index is 0.00272. The van der Waals surface area contributed by atoms with Crippen LogP contribution in [0.25, 0.3) is 0 Å². The van der Waals surface area contributed by atoms with Gasteiger partial charge in [-0.1, -0.05) is 41.9 Å². The van der Waals surface area contributed by atoms with Crippen molar-refractivity contribution in [1.29, 1.82) is 0 Å². The average molecular weight is 322 g/mol. The molecule has 0 saturated carbocycles. The van der Waals surface area contributed by atoms with E-state index in [9.17, 15) is 4.79 Å². The number of hydrogen-bond donors (Lipinski definition) is 1. The Morgan fingerprint density at radius 2 is 1.95 bits per heavy atom. The van der Waals surface area contributed by atoms with Gasteiger partial charge in [-0.05, 0) is 42.7 Å². The molecule has 110 valence electrons. The van der Waals surface area contributed by atoms with E-state index in [-0.39, 0.29) is 11.9 Å². The first-order valence-electron chi connectivity index (χ1n) is 6.79. The smallest absolute Gasteiger partial charge is 0.251 e. The molecule has 1 atom stereocenters. The number of benzene rings is 2. The Labute approximate surface area is 135 Å². The number of halogens is 2. The van der Waals surface area contributed by atoms with Crippen molar-refractivity contribution in [3.8, 4) is 0 Å². The molecule has 0 fully saturated rings. The van der Waals surface area contributed by atoms with Gasteiger partial charge in [-0.2, -0.15) is 0 Å². The van der Waals surface area contributed by atoms with Crippen LogP contribution in [0.1, 0.15) is 28.4 Å². The lowest BCUT2D eigenvalue weighted by Gasteiger charge is -2.15. The van der Waals surface area contributed by atoms with Crippen LogP contribution in [0.2, 0.25) is 5.02 Å². The van der Waals surface area contributed by atoms with E-state index in [1.54, 1.807) is 6.07 Å². The SMILES string of the molecule is CC(Cc1ccccc1Cl)NC(=O)c1cccc(CCl)c1. The molecule has 0 aromatic heterocycles. The minimum atomic E-state index is -0.0958. The number of alkyl halides is 1. The summed E-state index contributed by atoms with van der Waals surface area (Å²) < 4.78 is 0. The van der Waals surface area contributed by atoms with Gasteiger partial charge in [-0.3, -0.25) is 4.79 Å². The Hall–Kier alpha value is -1.51. The standard InChI is InChI=1S/C17H17Cl2NO/c1-12(9-14-6-2-3-8-16(14)19)20-17(21)15-7-4-5-13(10-15)11-18/h2-8,10,12H,9,11H2,1H3,(H,20,21). The van der Waals surface area contributed by atoms with Crippen LogP contribution in [0.15, 0.2) is 48.5 Å². The van der Waals surface area contributed by atoms with Gasteiger partial charge in [0.1, 0.15) is 0 Å². The normalized spacial score (nSPS) is 12.0. The highest BCUT2D eigenvalue weighted by Crippen LogP contribution is 2.17. The topological polar surface area (TPSA) is 29.1 Å². The van der Waals surface area contributed by atoms with Crippen LogP contribution in [-0.4, -0.2) is 11.9 Å². The molecule has 1 N–H and O–H groups in total. The molecule has 0 aliphatic heterocycles. The molecular weight excluding hydrogens is 305 g/mol. The monoisotopic (exact) mass is 321 g/mol. The quantitative estimate of drug-likeness (QED) is 0.810. The second-order valence-corrected chi connectivity index (χ2v) is 5.68. The van der Waals surface area contributed by atoms with E-state index >= 15 is 0 Å². The van der Waals surface area contributed by atoms with E-state index in [4.69, 9.17) is 23.2 Å². The maximum atomic E-state index is 12.2. The van der Waals surface area contributed by atoms with E-state index in [0.717, 1.165) is 16.1 Å². The third-order valence-corrected chi connectivity index (χ3v) is 3.88. The van der Waals surface area contributed by atoms with E-state index in [2.05, 4.69) is 5.32 Å². The molecule has 2 rings (SSSR count). The Morgan fingerprint density at radius 3 is 2.67 bits per heavy atom. The van der Waals surface area contributed by atoms with E-state index < -0.39 is 0 Å². The van der Waals surface area contributed by atoms with Gasteiger partial charge in [0.25, 0.3) is 5.91 Å². The Bertz CT molecular complexity index is 628. The molecule has 0 aliphatic carbocycles. The zero-order valence-corrected chi connectivity index (χ0v) is 13.3. The number of amides is 1. The average Bonchev–Trinajstić information content (AvgIpc) is 2.49. The van der Waals surface area contributed by atoms with Crippen LogP contribution in [0.4, 0.5) is 0 Å². The summed E-state index contributed by atoms with van der Waals surface area (Å²) in [5, 5.41) is 3.71. The maximum absolute atomic E-state index is 12.2. The lowest BCUT2D eigenvalue weighted by molar-refractivity contribution is 0.0940. The lowest BCUT2D eigenvalue weighted by atomic mass is 10.1. The van der Waals surface area contributed by atoms with Gasteiger partial charge in [0.05, 0.1) is 0 Å². The molecule has 1 unspecified atom stereocenters. The van der Waals surface area contributed by atoms with Crippen molar-refractivity contribution >= 4 is 29.1 Å². The van der Waals surface area contributed by atoms with Crippen LogP contribution in [0.5, 0.6) is 0 Å². The number of hydrogen-bond acceptors (Lipinski definition) is 1. The summed E-state index contributed by atoms with van der Waals surface area (Å²) in [5.74, 6) is 0.303. The summed E-state index contributed by atoms with van der Waals surface area (Å²) in [6.07, 6.45) is 0.695. The summed E-state index contributed by atoms with van der Waals surface area (Å²) in [6, 6.07) is 15.0. The molecule has 0 heterocycles. The number of carbonyl (C=O) groups excluding carboxylic acids is 1. The molecular formula is C17H17Cl2NO. The van der Waals surface area contributed by atoms with E-state index in [0.29, 0.717) is 17.9 Å². The first-order chi connectivity index (χ1) is 10.1. The summed E-state index contributed by atoms with van der Waals surface area (Å²) in [4.78, 5) is 12.2. The Kier molecular flexibility index (Phi) is 5.66. The van der Waals surface area contributed by atoms with Crippen LogP contribution < -0.4 is 5.32 Å². The van der Waals surface area contributed by atoms with Gasteiger partial charge in [0.15, 0.2) is 0 Å². The highest BCUT2D eigenvalue weighted by Gasteiger charge is 2.12. The van der Waals surface area contributed by atoms with Gasteiger partial charge >= 0.3 is 0 Å². The van der Waals surface area contributed by atoms with Crippen LogP contribution in [0, 0.1) is 0 Å². The molecule has 0 aliphatic rings. The minimum Gasteiger partial charge on any atom is -0.349 e. The van der Waals surface area contributed by atoms with Gasteiger partial charge in [0.2, 0.25) is 0 Å². The van der Waals surface area contributed by atoms with Crippen LogP contribution in [-0.2, 0) is 12.3 Å². The van der Waals surface area contributed by atoms with Crippen molar-refractivity contribution in [1.82, 2.24) is 5.32 Å². The number of rotatable bonds is 5. The molecule has 0 spiro atoms. The second kappa shape index (κ2) is 7.48. The Balaban J connectivity index is 2.00. The molecule has 0 saturated heterocycles. The molecule has 21 heavy (non-hydrogen) atoms. The largest absolute Gasteiger partial charge is 0.349 e. The summed E-state index contributed by atoms with van der Waals surface area (Å²) in [5.41, 5.74) is 2.59. The van der Waals surface area contributed by atoms with E-state index in [1.807, 2.05) is 49.4 Å². The van der Waals surface area contributed by atoms with Crippen molar-refractivity contribution in [2.45, 2.75) is 25.3 Å². The van der Waals surface area contributed by atoms with Crippen molar-refractivity contribution in [3.05, 3.63) is 70.2 Å². The van der Waals surface area contributed by atoms with Crippen LogP contribution >= 0.6 is 23.2 Å². The zero-order chi connectivity index (χ0) is 15.2. The van der Waals surface area contributed by atoms with Gasteiger partial charge < -0.3 is 5.32 Å². The fourth-order valence-electron chi connectivity index (χ4n) is 2.15. The first kappa shape index (κ1) is 15.9. The second-order valence-electron chi connectivity index (χ2n) is 5.00. The summed E-state index contributed by atoms with van der Waals surface area (Å²) in [7, 11) is 0. The van der Waals surface area contributed by atoms with Crippen LogP contribution in [0.3, 0.4) is 0 Å². The molecule has 0 bridgehead atoms. The molecule has 0 radical (unpaired) electrons. The maximum Gasteiger partial charge on any atom is 0.251 e. The van der Waals surface area contributed by atoms with Crippen molar-refractivity contribution in [2.24, 2.45) is 0 Å². The molecule has 2 aromatic carbocycles. The molecule has 1 amide bonds. The van der Waals surface area contributed by atoms with Crippen molar-refractivity contribution in [3.63, 3.8) is 0 Å². The van der Waals surface area contributed by atoms with Crippen molar-refractivity contribution in [2.75, 3.05) is 0 Å². The molecule has 4 heteroatoms. The predicted molar refractivity (Wildman–Crippen MR) is 88.1 cm³/mol. The number of nitrogens with one attached hydrogen (secondary N) is 1. The fourth-order valence-corrected chi connectivity index (χ4v) is 2.53. The Morgan fingerprint density at radius 1 is 1.19 bits per heavy atom. The van der Waals surface area contributed by atoms with Crippen molar-refractivity contribution < 1.29 is 4.79 Å². The number of carbonyl (C=O) groups is 1. The third kappa shape index (κ3) is 4.48. The van der Waals surface area contributed by atoms with Gasteiger partial charge in [-0.15, -0.1) is 11.6 Å². The fraction of sp³-hybridized carbons (Fsp3) is 0.235. The lowest BCUT2D eigenvalue weighted by Crippen LogP contribution is -2.34.